The molecule has 0 saturated heterocycles. The third kappa shape index (κ3) is 3.71. The van der Waals surface area contributed by atoms with Gasteiger partial charge in [0.2, 0.25) is 0 Å². The lowest BCUT2D eigenvalue weighted by Crippen LogP contribution is -2.14. The summed E-state index contributed by atoms with van der Waals surface area (Å²) in [7, 11) is 0. The third-order valence-electron chi connectivity index (χ3n) is 4.07. The summed E-state index contributed by atoms with van der Waals surface area (Å²) in [6, 6.07) is 3.97. The summed E-state index contributed by atoms with van der Waals surface area (Å²) in [4.78, 5) is 8.75. The smallest absolute Gasteiger partial charge is 0.107 e. The molecular weight excluding hydrogens is 318 g/mol. The molecule has 3 aromatic rings. The molecule has 126 valence electrons. The first-order chi connectivity index (χ1) is 11.7. The molecule has 3 heterocycles. The van der Waals surface area contributed by atoms with Crippen LogP contribution in [0.25, 0.3) is 11.3 Å². The van der Waals surface area contributed by atoms with Crippen LogP contribution in [0.5, 0.6) is 0 Å². The van der Waals surface area contributed by atoms with Crippen LogP contribution in [0.4, 0.5) is 0 Å². The number of thiazole rings is 1. The molecule has 0 aliphatic rings. The maximum atomic E-state index is 4.70. The molecule has 24 heavy (non-hydrogen) atoms. The lowest BCUT2D eigenvalue weighted by atomic mass is 10.2. The minimum absolute atomic E-state index is 0.771. The number of rotatable bonds is 7. The Bertz CT molecular complexity index is 791. The number of aromatic nitrogens is 4. The van der Waals surface area contributed by atoms with E-state index in [-0.39, 0.29) is 0 Å². The van der Waals surface area contributed by atoms with E-state index < -0.39 is 0 Å². The van der Waals surface area contributed by atoms with E-state index in [1.807, 2.05) is 12.1 Å². The predicted octanol–water partition coefficient (Wildman–Crippen LogP) is 3.72. The van der Waals surface area contributed by atoms with Gasteiger partial charge in [0.15, 0.2) is 0 Å². The quantitative estimate of drug-likeness (QED) is 0.711. The second-order valence-corrected chi connectivity index (χ2v) is 6.78. The second-order valence-electron chi connectivity index (χ2n) is 5.84. The van der Waals surface area contributed by atoms with E-state index in [2.05, 4.69) is 46.2 Å². The zero-order valence-electron chi connectivity index (χ0n) is 14.4. The molecule has 0 fully saturated rings. The van der Waals surface area contributed by atoms with Crippen molar-refractivity contribution in [3.8, 4) is 11.3 Å². The molecule has 0 bridgehead atoms. The number of hydrogen-bond donors (Lipinski definition) is 1. The van der Waals surface area contributed by atoms with Gasteiger partial charge in [0.05, 0.1) is 11.4 Å². The minimum Gasteiger partial charge on any atom is -0.306 e. The molecule has 0 saturated carbocycles. The van der Waals surface area contributed by atoms with Gasteiger partial charge in [-0.15, -0.1) is 11.3 Å². The third-order valence-corrected chi connectivity index (χ3v) is 4.92. The molecule has 0 aromatic carbocycles. The van der Waals surface area contributed by atoms with Gasteiger partial charge < -0.3 is 5.32 Å². The van der Waals surface area contributed by atoms with Crippen molar-refractivity contribution in [1.82, 2.24) is 25.1 Å². The Balaban J connectivity index is 1.60. The van der Waals surface area contributed by atoms with E-state index in [9.17, 15) is 0 Å². The molecule has 1 N–H and O–H groups in total. The maximum Gasteiger partial charge on any atom is 0.107 e. The van der Waals surface area contributed by atoms with Crippen LogP contribution in [0.3, 0.4) is 0 Å². The molecule has 0 aliphatic carbocycles. The molecule has 5 nitrogen and oxygen atoms in total. The molecule has 3 rings (SSSR count). The van der Waals surface area contributed by atoms with Crippen LogP contribution in [-0.2, 0) is 19.6 Å². The van der Waals surface area contributed by atoms with Crippen molar-refractivity contribution in [1.29, 1.82) is 0 Å². The van der Waals surface area contributed by atoms with Gasteiger partial charge in [-0.05, 0) is 32.4 Å². The highest BCUT2D eigenvalue weighted by Gasteiger charge is 2.11. The zero-order chi connectivity index (χ0) is 16.9. The first kappa shape index (κ1) is 16.8. The average Bonchev–Trinajstić information content (AvgIpc) is 3.16. The van der Waals surface area contributed by atoms with Gasteiger partial charge in [0.1, 0.15) is 5.01 Å². The van der Waals surface area contributed by atoms with Gasteiger partial charge in [-0.25, -0.2) is 4.98 Å². The molecule has 0 radical (unpaired) electrons. The molecular formula is C18H23N5S. The topological polar surface area (TPSA) is 55.6 Å². The SMILES string of the molecule is CCCn1nc(C)c(CNCc2nc(-c3ccncc3)cs2)c1C. The van der Waals surface area contributed by atoms with Gasteiger partial charge >= 0.3 is 0 Å². The minimum atomic E-state index is 0.771. The van der Waals surface area contributed by atoms with Crippen molar-refractivity contribution in [3.05, 3.63) is 51.9 Å². The normalized spacial score (nSPS) is 11.1. The Morgan fingerprint density at radius 2 is 1.96 bits per heavy atom. The summed E-state index contributed by atoms with van der Waals surface area (Å²) in [5.41, 5.74) is 5.81. The van der Waals surface area contributed by atoms with E-state index in [0.717, 1.165) is 48.0 Å². The van der Waals surface area contributed by atoms with E-state index in [1.54, 1.807) is 23.7 Å². The number of aryl methyl sites for hydroxylation is 2. The van der Waals surface area contributed by atoms with Crippen molar-refractivity contribution < 1.29 is 0 Å². The Labute approximate surface area is 146 Å². The number of pyridine rings is 1. The fraction of sp³-hybridized carbons (Fsp3) is 0.389. The molecule has 0 unspecified atom stereocenters. The second kappa shape index (κ2) is 7.68. The monoisotopic (exact) mass is 341 g/mol. The highest BCUT2D eigenvalue weighted by molar-refractivity contribution is 7.09. The van der Waals surface area contributed by atoms with E-state index in [1.165, 1.54) is 11.3 Å². The van der Waals surface area contributed by atoms with Crippen molar-refractivity contribution in [2.75, 3.05) is 0 Å². The van der Waals surface area contributed by atoms with Gasteiger partial charge in [0, 0.05) is 54.2 Å². The van der Waals surface area contributed by atoms with Gasteiger partial charge in [0.25, 0.3) is 0 Å². The summed E-state index contributed by atoms with van der Waals surface area (Å²) in [6.07, 6.45) is 4.70. The average molecular weight is 341 g/mol. The summed E-state index contributed by atoms with van der Waals surface area (Å²) < 4.78 is 2.11. The molecule has 0 atom stereocenters. The highest BCUT2D eigenvalue weighted by atomic mass is 32.1. The van der Waals surface area contributed by atoms with Crippen molar-refractivity contribution in [2.24, 2.45) is 0 Å². The standard InChI is InChI=1S/C18H23N5S/c1-4-9-23-14(3)16(13(2)22-23)10-20-11-18-21-17(12-24-18)15-5-7-19-8-6-15/h5-8,12,20H,4,9-11H2,1-3H3. The summed E-state index contributed by atoms with van der Waals surface area (Å²) in [6.45, 7) is 8.99. The highest BCUT2D eigenvalue weighted by Crippen LogP contribution is 2.21. The van der Waals surface area contributed by atoms with Crippen LogP contribution in [-0.4, -0.2) is 19.7 Å². The zero-order valence-corrected chi connectivity index (χ0v) is 15.2. The van der Waals surface area contributed by atoms with Gasteiger partial charge in [-0.1, -0.05) is 6.92 Å². The number of nitrogens with one attached hydrogen (secondary N) is 1. The summed E-state index contributed by atoms with van der Waals surface area (Å²) in [5.74, 6) is 0. The van der Waals surface area contributed by atoms with E-state index in [4.69, 9.17) is 4.98 Å². The largest absolute Gasteiger partial charge is 0.306 e. The van der Waals surface area contributed by atoms with Crippen LogP contribution in [0.2, 0.25) is 0 Å². The number of nitrogens with zero attached hydrogens (tertiary/aromatic N) is 4. The molecule has 0 amide bonds. The van der Waals surface area contributed by atoms with Crippen LogP contribution in [0, 0.1) is 13.8 Å². The van der Waals surface area contributed by atoms with Crippen LogP contribution >= 0.6 is 11.3 Å². The number of hydrogen-bond acceptors (Lipinski definition) is 5. The summed E-state index contributed by atoms with van der Waals surface area (Å²) in [5, 5.41) is 11.3. The lowest BCUT2D eigenvalue weighted by molar-refractivity contribution is 0.581. The molecule has 3 aromatic heterocycles. The first-order valence-electron chi connectivity index (χ1n) is 8.27. The van der Waals surface area contributed by atoms with E-state index in [0.29, 0.717) is 0 Å². The van der Waals surface area contributed by atoms with Crippen molar-refractivity contribution in [3.63, 3.8) is 0 Å². The van der Waals surface area contributed by atoms with Crippen LogP contribution in [0.15, 0.2) is 29.9 Å². The molecule has 0 aliphatic heterocycles. The Morgan fingerprint density at radius 3 is 2.71 bits per heavy atom. The lowest BCUT2D eigenvalue weighted by Gasteiger charge is -2.05. The Hall–Kier alpha value is -2.05. The summed E-state index contributed by atoms with van der Waals surface area (Å²) >= 11 is 1.69. The van der Waals surface area contributed by atoms with Gasteiger partial charge in [-0.2, -0.15) is 5.10 Å². The predicted molar refractivity (Wildman–Crippen MR) is 97.9 cm³/mol. The first-order valence-corrected chi connectivity index (χ1v) is 9.15. The molecule has 6 heteroatoms. The molecule has 0 spiro atoms. The van der Waals surface area contributed by atoms with Crippen molar-refractivity contribution in [2.45, 2.75) is 46.8 Å². The Kier molecular flexibility index (Phi) is 5.37. The van der Waals surface area contributed by atoms with Crippen LogP contribution < -0.4 is 5.32 Å². The maximum absolute atomic E-state index is 4.70. The van der Waals surface area contributed by atoms with Crippen molar-refractivity contribution >= 4 is 11.3 Å². The fourth-order valence-corrected chi connectivity index (χ4v) is 3.53. The van der Waals surface area contributed by atoms with Crippen LogP contribution in [0.1, 0.15) is 35.3 Å². The van der Waals surface area contributed by atoms with E-state index >= 15 is 0 Å². The van der Waals surface area contributed by atoms with Gasteiger partial charge in [-0.3, -0.25) is 9.67 Å². The Morgan fingerprint density at radius 1 is 1.17 bits per heavy atom. The fourth-order valence-electron chi connectivity index (χ4n) is 2.76.